The number of amides is 1. The van der Waals surface area contributed by atoms with Crippen LogP contribution in [0, 0.1) is 0 Å². The van der Waals surface area contributed by atoms with E-state index in [1.807, 2.05) is 26.2 Å². The number of hydrogen-bond acceptors (Lipinski definition) is 3. The summed E-state index contributed by atoms with van der Waals surface area (Å²) in [5.41, 5.74) is 4.84. The number of aromatic nitrogens is 2. The van der Waals surface area contributed by atoms with Gasteiger partial charge in [0, 0.05) is 25.4 Å². The molecule has 0 saturated heterocycles. The second-order valence-corrected chi connectivity index (χ2v) is 4.72. The number of imidazole rings is 1. The van der Waals surface area contributed by atoms with Gasteiger partial charge in [-0.3, -0.25) is 4.79 Å². The molecule has 18 heavy (non-hydrogen) atoms. The van der Waals surface area contributed by atoms with Crippen molar-refractivity contribution >= 4 is 5.91 Å². The van der Waals surface area contributed by atoms with E-state index in [1.165, 1.54) is 0 Å². The van der Waals surface area contributed by atoms with E-state index in [9.17, 15) is 4.79 Å². The zero-order chi connectivity index (χ0) is 13.6. The van der Waals surface area contributed by atoms with Crippen LogP contribution in [-0.4, -0.2) is 27.5 Å². The summed E-state index contributed by atoms with van der Waals surface area (Å²) in [5.74, 6) is 0.796. The third-order valence-corrected chi connectivity index (χ3v) is 3.30. The van der Waals surface area contributed by atoms with E-state index >= 15 is 0 Å². The molecule has 0 aromatic carbocycles. The second kappa shape index (κ2) is 6.54. The van der Waals surface area contributed by atoms with Crippen molar-refractivity contribution in [2.45, 2.75) is 52.1 Å². The van der Waals surface area contributed by atoms with Crippen LogP contribution >= 0.6 is 0 Å². The second-order valence-electron chi connectivity index (χ2n) is 4.72. The molecule has 0 radical (unpaired) electrons. The highest BCUT2D eigenvalue weighted by Crippen LogP contribution is 2.13. The zero-order valence-electron chi connectivity index (χ0n) is 11.6. The van der Waals surface area contributed by atoms with Gasteiger partial charge < -0.3 is 15.6 Å². The normalized spacial score (nSPS) is 14.4. The number of carbonyl (C=O) groups excluding carboxylic acids is 1. The lowest BCUT2D eigenvalue weighted by Crippen LogP contribution is -2.53. The van der Waals surface area contributed by atoms with Gasteiger partial charge >= 0.3 is 0 Å². The minimum Gasteiger partial charge on any atom is -0.368 e. The van der Waals surface area contributed by atoms with Gasteiger partial charge in [-0.1, -0.05) is 13.8 Å². The summed E-state index contributed by atoms with van der Waals surface area (Å²) in [4.78, 5) is 15.7. The van der Waals surface area contributed by atoms with Crippen LogP contribution in [0.3, 0.4) is 0 Å². The van der Waals surface area contributed by atoms with E-state index in [0.29, 0.717) is 0 Å². The number of hydrogen-bond donors (Lipinski definition) is 2. The Morgan fingerprint density at radius 3 is 2.83 bits per heavy atom. The number of primary amides is 1. The van der Waals surface area contributed by atoms with Crippen molar-refractivity contribution in [3.05, 3.63) is 18.2 Å². The number of rotatable bonds is 8. The molecule has 5 heteroatoms. The molecule has 0 saturated carbocycles. The smallest absolute Gasteiger partial charge is 0.237 e. The van der Waals surface area contributed by atoms with Gasteiger partial charge in [0.2, 0.25) is 5.91 Å². The van der Waals surface area contributed by atoms with Crippen LogP contribution in [0.25, 0.3) is 0 Å². The Morgan fingerprint density at radius 1 is 1.56 bits per heavy atom. The number of likely N-dealkylation sites (N-methyl/N-ethyl adjacent to an activating group) is 1. The quantitative estimate of drug-likeness (QED) is 0.727. The molecular weight excluding hydrogens is 228 g/mol. The van der Waals surface area contributed by atoms with Gasteiger partial charge in [0.25, 0.3) is 0 Å². The van der Waals surface area contributed by atoms with Gasteiger partial charge in [0.15, 0.2) is 0 Å². The van der Waals surface area contributed by atoms with Crippen LogP contribution < -0.4 is 11.1 Å². The maximum atomic E-state index is 11.5. The molecule has 0 aliphatic carbocycles. The first kappa shape index (κ1) is 14.7. The van der Waals surface area contributed by atoms with Crippen molar-refractivity contribution in [3.8, 4) is 0 Å². The Kier molecular flexibility index (Phi) is 5.34. The Labute approximate surface area is 109 Å². The van der Waals surface area contributed by atoms with Gasteiger partial charge in [0.1, 0.15) is 5.82 Å². The van der Waals surface area contributed by atoms with Gasteiger partial charge in [-0.05, 0) is 26.3 Å². The van der Waals surface area contributed by atoms with Gasteiger partial charge in [-0.15, -0.1) is 0 Å². The van der Waals surface area contributed by atoms with Gasteiger partial charge in [-0.2, -0.15) is 0 Å². The Bertz CT molecular complexity index is 388. The van der Waals surface area contributed by atoms with Crippen molar-refractivity contribution in [2.75, 3.05) is 6.54 Å². The van der Waals surface area contributed by atoms with Crippen molar-refractivity contribution in [1.29, 1.82) is 0 Å². The first-order valence-electron chi connectivity index (χ1n) is 6.58. The summed E-state index contributed by atoms with van der Waals surface area (Å²) >= 11 is 0. The fraction of sp³-hybridized carbons (Fsp3) is 0.692. The fourth-order valence-corrected chi connectivity index (χ4v) is 2.15. The van der Waals surface area contributed by atoms with E-state index in [0.717, 1.165) is 38.2 Å². The highest BCUT2D eigenvalue weighted by atomic mass is 16.1. The SMILES string of the molecule is CCNC(C)(CCCn1ccnc1CC)C(N)=O. The minimum absolute atomic E-state index is 0.286. The monoisotopic (exact) mass is 252 g/mol. The summed E-state index contributed by atoms with van der Waals surface area (Å²) in [7, 11) is 0. The van der Waals surface area contributed by atoms with Crippen LogP contribution in [0.15, 0.2) is 12.4 Å². The van der Waals surface area contributed by atoms with Crippen molar-refractivity contribution in [1.82, 2.24) is 14.9 Å². The van der Waals surface area contributed by atoms with Crippen molar-refractivity contribution in [3.63, 3.8) is 0 Å². The molecule has 1 unspecified atom stereocenters. The van der Waals surface area contributed by atoms with Gasteiger partial charge in [0.05, 0.1) is 5.54 Å². The minimum atomic E-state index is -0.609. The molecule has 3 N–H and O–H groups in total. The molecule has 0 aliphatic heterocycles. The Morgan fingerprint density at radius 2 is 2.28 bits per heavy atom. The van der Waals surface area contributed by atoms with Crippen LogP contribution in [0.2, 0.25) is 0 Å². The highest BCUT2D eigenvalue weighted by Gasteiger charge is 2.28. The molecule has 102 valence electrons. The predicted octanol–water partition coefficient (Wildman–Crippen LogP) is 1.08. The molecule has 1 heterocycles. The van der Waals surface area contributed by atoms with E-state index in [4.69, 9.17) is 5.73 Å². The molecule has 0 bridgehead atoms. The van der Waals surface area contributed by atoms with Crippen LogP contribution in [-0.2, 0) is 17.8 Å². The molecule has 1 aromatic rings. The summed E-state index contributed by atoms with van der Waals surface area (Å²) in [5, 5.41) is 3.17. The molecule has 1 atom stereocenters. The third-order valence-electron chi connectivity index (χ3n) is 3.30. The van der Waals surface area contributed by atoms with E-state index in [-0.39, 0.29) is 5.91 Å². The molecule has 1 amide bonds. The predicted molar refractivity (Wildman–Crippen MR) is 72.1 cm³/mol. The summed E-state index contributed by atoms with van der Waals surface area (Å²) in [6.07, 6.45) is 6.35. The Balaban J connectivity index is 2.51. The first-order chi connectivity index (χ1) is 8.53. The van der Waals surface area contributed by atoms with E-state index in [2.05, 4.69) is 21.8 Å². The number of carbonyl (C=O) groups is 1. The molecule has 0 fully saturated rings. The average molecular weight is 252 g/mol. The maximum Gasteiger partial charge on any atom is 0.237 e. The largest absolute Gasteiger partial charge is 0.368 e. The van der Waals surface area contributed by atoms with E-state index < -0.39 is 5.54 Å². The molecule has 1 aromatic heterocycles. The standard InChI is InChI=1S/C13H24N4O/c1-4-11-15-8-10-17(11)9-6-7-13(3,12(14)18)16-5-2/h8,10,16H,4-7,9H2,1-3H3,(H2,14,18). The zero-order valence-corrected chi connectivity index (χ0v) is 11.6. The van der Waals surface area contributed by atoms with E-state index in [1.54, 1.807) is 0 Å². The van der Waals surface area contributed by atoms with Crippen LogP contribution in [0.1, 0.15) is 39.4 Å². The number of nitrogens with two attached hydrogens (primary N) is 1. The third kappa shape index (κ3) is 3.57. The summed E-state index contributed by atoms with van der Waals surface area (Å²) in [6.45, 7) is 7.55. The topological polar surface area (TPSA) is 72.9 Å². The molecule has 1 rings (SSSR count). The molecule has 0 spiro atoms. The molecule has 0 aliphatic rings. The fourth-order valence-electron chi connectivity index (χ4n) is 2.15. The van der Waals surface area contributed by atoms with Crippen LogP contribution in [0.5, 0.6) is 0 Å². The lowest BCUT2D eigenvalue weighted by atomic mass is 9.95. The lowest BCUT2D eigenvalue weighted by molar-refractivity contribution is -0.124. The summed E-state index contributed by atoms with van der Waals surface area (Å²) < 4.78 is 2.13. The molecular formula is C13H24N4O. The number of nitrogens with one attached hydrogen (secondary N) is 1. The maximum absolute atomic E-state index is 11.5. The Hall–Kier alpha value is -1.36. The van der Waals surface area contributed by atoms with Crippen molar-refractivity contribution in [2.24, 2.45) is 5.73 Å². The average Bonchev–Trinajstić information content (AvgIpc) is 2.76. The van der Waals surface area contributed by atoms with Crippen molar-refractivity contribution < 1.29 is 4.79 Å². The number of aryl methyl sites for hydroxylation is 2. The number of nitrogens with zero attached hydrogens (tertiary/aromatic N) is 2. The highest BCUT2D eigenvalue weighted by molar-refractivity contribution is 5.84. The summed E-state index contributed by atoms with van der Waals surface area (Å²) in [6, 6.07) is 0. The van der Waals surface area contributed by atoms with Crippen LogP contribution in [0.4, 0.5) is 0 Å². The molecule has 5 nitrogen and oxygen atoms in total. The van der Waals surface area contributed by atoms with Gasteiger partial charge in [-0.25, -0.2) is 4.98 Å². The lowest BCUT2D eigenvalue weighted by Gasteiger charge is -2.27. The first-order valence-corrected chi connectivity index (χ1v) is 6.58.